The molecule has 1 aromatic carbocycles. The van der Waals surface area contributed by atoms with Crippen LogP contribution in [-0.2, 0) is 11.0 Å². The van der Waals surface area contributed by atoms with Crippen LogP contribution in [0.4, 0.5) is 17.6 Å². The zero-order valence-electron chi connectivity index (χ0n) is 7.68. The quantitative estimate of drug-likeness (QED) is 0.427. The first kappa shape index (κ1) is 11.5. The standard InChI is InChI=1S/C9H7F4NO/c1-15-14-5-6-2-3-7(10)4-8(6)9(11,12)13/h2-5H,1H3/b14-5+. The van der Waals surface area contributed by atoms with Crippen LogP contribution >= 0.6 is 0 Å². The van der Waals surface area contributed by atoms with Gasteiger partial charge in [-0.25, -0.2) is 4.39 Å². The number of nitrogens with zero attached hydrogens (tertiary/aromatic N) is 1. The largest absolute Gasteiger partial charge is 0.417 e. The van der Waals surface area contributed by atoms with Crippen LogP contribution in [0.25, 0.3) is 0 Å². The third-order valence-corrected chi connectivity index (χ3v) is 1.62. The van der Waals surface area contributed by atoms with Crippen LogP contribution in [0.5, 0.6) is 0 Å². The zero-order valence-corrected chi connectivity index (χ0v) is 7.68. The van der Waals surface area contributed by atoms with Crippen LogP contribution in [0.15, 0.2) is 23.4 Å². The van der Waals surface area contributed by atoms with Crippen LogP contribution in [0.1, 0.15) is 11.1 Å². The molecule has 1 rings (SSSR count). The minimum atomic E-state index is -4.61. The van der Waals surface area contributed by atoms with E-state index >= 15 is 0 Å². The van der Waals surface area contributed by atoms with Gasteiger partial charge in [-0.15, -0.1) is 0 Å². The van der Waals surface area contributed by atoms with Crippen molar-refractivity contribution in [1.82, 2.24) is 0 Å². The highest BCUT2D eigenvalue weighted by Crippen LogP contribution is 2.31. The van der Waals surface area contributed by atoms with Gasteiger partial charge in [0, 0.05) is 5.56 Å². The minimum absolute atomic E-state index is 0.245. The van der Waals surface area contributed by atoms with E-state index < -0.39 is 17.6 Å². The van der Waals surface area contributed by atoms with E-state index in [9.17, 15) is 17.6 Å². The Morgan fingerprint density at radius 1 is 1.33 bits per heavy atom. The number of halogens is 4. The molecule has 0 aliphatic heterocycles. The normalized spacial score (nSPS) is 12.1. The molecule has 82 valence electrons. The Labute approximate surface area is 83.2 Å². The van der Waals surface area contributed by atoms with Crippen molar-refractivity contribution in [3.05, 3.63) is 35.1 Å². The summed E-state index contributed by atoms with van der Waals surface area (Å²) in [7, 11) is 1.20. The van der Waals surface area contributed by atoms with Crippen molar-refractivity contribution in [2.75, 3.05) is 7.11 Å². The number of hydrogen-bond acceptors (Lipinski definition) is 2. The minimum Gasteiger partial charge on any atom is -0.399 e. The molecule has 0 aromatic heterocycles. The van der Waals surface area contributed by atoms with E-state index in [0.29, 0.717) is 6.07 Å². The second-order valence-electron chi connectivity index (χ2n) is 2.65. The molecule has 0 atom stereocenters. The van der Waals surface area contributed by atoms with Gasteiger partial charge in [0.2, 0.25) is 0 Å². The van der Waals surface area contributed by atoms with Gasteiger partial charge in [-0.1, -0.05) is 5.16 Å². The molecule has 6 heteroatoms. The predicted octanol–water partition coefficient (Wildman–Crippen LogP) is 2.82. The summed E-state index contributed by atoms with van der Waals surface area (Å²) in [5.41, 5.74) is -1.32. The Balaban J connectivity index is 3.21. The average Bonchev–Trinajstić information content (AvgIpc) is 2.14. The SMILES string of the molecule is CO/N=C/c1ccc(F)cc1C(F)(F)F. The number of oxime groups is 1. The van der Waals surface area contributed by atoms with Gasteiger partial charge in [-0.3, -0.25) is 0 Å². The molecule has 0 radical (unpaired) electrons. The van der Waals surface area contributed by atoms with Crippen molar-refractivity contribution in [2.45, 2.75) is 6.18 Å². The lowest BCUT2D eigenvalue weighted by Gasteiger charge is -2.09. The third-order valence-electron chi connectivity index (χ3n) is 1.62. The van der Waals surface area contributed by atoms with Crippen LogP contribution in [0.3, 0.4) is 0 Å². The maximum Gasteiger partial charge on any atom is 0.417 e. The first-order chi connectivity index (χ1) is 6.95. The smallest absolute Gasteiger partial charge is 0.399 e. The molecule has 0 unspecified atom stereocenters. The molecule has 2 nitrogen and oxygen atoms in total. The average molecular weight is 221 g/mol. The first-order valence-electron chi connectivity index (χ1n) is 3.88. The lowest BCUT2D eigenvalue weighted by molar-refractivity contribution is -0.137. The molecule has 0 aliphatic rings. The van der Waals surface area contributed by atoms with Crippen molar-refractivity contribution in [3.8, 4) is 0 Å². The molecule has 15 heavy (non-hydrogen) atoms. The molecule has 1 aromatic rings. The van der Waals surface area contributed by atoms with E-state index in [1.165, 1.54) is 7.11 Å². The fourth-order valence-corrected chi connectivity index (χ4v) is 0.996. The van der Waals surface area contributed by atoms with Crippen LogP contribution in [0.2, 0.25) is 0 Å². The van der Waals surface area contributed by atoms with Crippen LogP contribution < -0.4 is 0 Å². The third kappa shape index (κ3) is 2.93. The summed E-state index contributed by atoms with van der Waals surface area (Å²) in [6.45, 7) is 0. The molecule has 0 heterocycles. The maximum absolute atomic E-state index is 12.6. The van der Waals surface area contributed by atoms with E-state index in [1.54, 1.807) is 0 Å². The van der Waals surface area contributed by atoms with Crippen molar-refractivity contribution in [2.24, 2.45) is 5.16 Å². The maximum atomic E-state index is 12.6. The highest BCUT2D eigenvalue weighted by Gasteiger charge is 2.33. The van der Waals surface area contributed by atoms with Crippen molar-refractivity contribution >= 4 is 6.21 Å². The highest BCUT2D eigenvalue weighted by atomic mass is 19.4. The molecule has 0 saturated heterocycles. The van der Waals surface area contributed by atoms with Gasteiger partial charge in [0.05, 0.1) is 11.8 Å². The van der Waals surface area contributed by atoms with Crippen LogP contribution in [-0.4, -0.2) is 13.3 Å². The van der Waals surface area contributed by atoms with Gasteiger partial charge in [0.25, 0.3) is 0 Å². The molecule has 0 bridgehead atoms. The second-order valence-corrected chi connectivity index (χ2v) is 2.65. The molecular weight excluding hydrogens is 214 g/mol. The van der Waals surface area contributed by atoms with Gasteiger partial charge >= 0.3 is 6.18 Å². The predicted molar refractivity (Wildman–Crippen MR) is 46.0 cm³/mol. The van der Waals surface area contributed by atoms with Crippen molar-refractivity contribution in [1.29, 1.82) is 0 Å². The molecule has 0 N–H and O–H groups in total. The van der Waals surface area contributed by atoms with Crippen molar-refractivity contribution < 1.29 is 22.4 Å². The molecule has 0 aliphatic carbocycles. The molecule has 0 spiro atoms. The van der Waals surface area contributed by atoms with Gasteiger partial charge in [-0.2, -0.15) is 13.2 Å². The molecular formula is C9H7F4NO. The summed E-state index contributed by atoms with van der Waals surface area (Å²) >= 11 is 0. The lowest BCUT2D eigenvalue weighted by atomic mass is 10.1. The van der Waals surface area contributed by atoms with E-state index in [4.69, 9.17) is 0 Å². The van der Waals surface area contributed by atoms with Gasteiger partial charge < -0.3 is 4.84 Å². The van der Waals surface area contributed by atoms with E-state index in [2.05, 4.69) is 9.99 Å². The Hall–Kier alpha value is -1.59. The topological polar surface area (TPSA) is 21.6 Å². The highest BCUT2D eigenvalue weighted by molar-refractivity contribution is 5.81. The Kier molecular flexibility index (Phi) is 3.28. The van der Waals surface area contributed by atoms with E-state index in [-0.39, 0.29) is 5.56 Å². The fraction of sp³-hybridized carbons (Fsp3) is 0.222. The summed E-state index contributed by atoms with van der Waals surface area (Å²) < 4.78 is 49.8. The van der Waals surface area contributed by atoms with Gasteiger partial charge in [-0.05, 0) is 18.2 Å². The number of alkyl halides is 3. The number of benzene rings is 1. The Morgan fingerprint density at radius 2 is 2.00 bits per heavy atom. The van der Waals surface area contributed by atoms with Crippen molar-refractivity contribution in [3.63, 3.8) is 0 Å². The van der Waals surface area contributed by atoms with E-state index in [1.807, 2.05) is 0 Å². The molecule has 0 saturated carbocycles. The summed E-state index contributed by atoms with van der Waals surface area (Å²) in [5, 5.41) is 3.20. The Bertz CT molecular complexity index is 373. The monoisotopic (exact) mass is 221 g/mol. The summed E-state index contributed by atoms with van der Waals surface area (Å²) in [4.78, 5) is 4.25. The summed E-state index contributed by atoms with van der Waals surface area (Å²) in [5.74, 6) is -0.947. The molecule has 0 amide bonds. The Morgan fingerprint density at radius 3 is 2.53 bits per heavy atom. The second kappa shape index (κ2) is 4.29. The summed E-state index contributed by atoms with van der Waals surface area (Å²) in [6.07, 6.45) is -3.74. The molecule has 0 fully saturated rings. The van der Waals surface area contributed by atoms with Gasteiger partial charge in [0.1, 0.15) is 12.9 Å². The number of rotatable bonds is 2. The first-order valence-corrected chi connectivity index (χ1v) is 3.88. The number of hydrogen-bond donors (Lipinski definition) is 0. The van der Waals surface area contributed by atoms with E-state index in [0.717, 1.165) is 18.3 Å². The summed E-state index contributed by atoms with van der Waals surface area (Å²) in [6, 6.07) is 2.32. The van der Waals surface area contributed by atoms with Crippen LogP contribution in [0, 0.1) is 5.82 Å². The lowest BCUT2D eigenvalue weighted by Crippen LogP contribution is -2.09. The zero-order chi connectivity index (χ0) is 11.5. The fourth-order valence-electron chi connectivity index (χ4n) is 0.996. The van der Waals surface area contributed by atoms with Gasteiger partial charge in [0.15, 0.2) is 0 Å².